The van der Waals surface area contributed by atoms with Crippen LogP contribution >= 0.6 is 35.9 Å². The topological polar surface area (TPSA) is 25.8 Å². The summed E-state index contributed by atoms with van der Waals surface area (Å²) in [6, 6.07) is 0. The second-order valence-corrected chi connectivity index (χ2v) is 5.62. The molecule has 0 aliphatic rings. The van der Waals surface area contributed by atoms with Gasteiger partial charge < -0.3 is 0 Å². The quantitative estimate of drug-likeness (QED) is 0.626. The van der Waals surface area contributed by atoms with Gasteiger partial charge in [0.25, 0.3) is 0 Å². The molecule has 0 radical (unpaired) electrons. The van der Waals surface area contributed by atoms with Crippen molar-refractivity contribution >= 4 is 35.9 Å². The molecule has 5 heteroatoms. The minimum absolute atomic E-state index is 0.664. The highest BCUT2D eigenvalue weighted by Gasteiger charge is 2.12. The highest BCUT2D eigenvalue weighted by atomic mass is 32.2. The summed E-state index contributed by atoms with van der Waals surface area (Å²) in [6.45, 7) is 4.48. The van der Waals surface area contributed by atoms with Gasteiger partial charge in [0.2, 0.25) is 0 Å². The summed E-state index contributed by atoms with van der Waals surface area (Å²) in [5.74, 6) is 3.40. The number of rotatable bonds is 5. The maximum absolute atomic E-state index is 4.34. The van der Waals surface area contributed by atoms with Gasteiger partial charge in [-0.15, -0.1) is 0 Å². The fourth-order valence-electron chi connectivity index (χ4n) is 0.861. The summed E-state index contributed by atoms with van der Waals surface area (Å²) in [4.78, 5) is 4.13. The van der Waals surface area contributed by atoms with Gasteiger partial charge >= 0.3 is 0 Å². The molecule has 0 saturated heterocycles. The Hall–Kier alpha value is 0.260. The van der Waals surface area contributed by atoms with E-state index in [1.807, 2.05) is 0 Å². The van der Waals surface area contributed by atoms with E-state index < -0.39 is 0 Å². The van der Waals surface area contributed by atoms with E-state index in [1.54, 1.807) is 18.1 Å². The number of hydrogen-bond donors (Lipinski definition) is 1. The third kappa shape index (κ3) is 3.87. The lowest BCUT2D eigenvalue weighted by molar-refractivity contribution is 0.473. The van der Waals surface area contributed by atoms with E-state index in [-0.39, 0.29) is 0 Å². The molecule has 0 spiro atoms. The Morgan fingerprint density at radius 1 is 1.62 bits per heavy atom. The highest BCUT2D eigenvalue weighted by Crippen LogP contribution is 2.25. The van der Waals surface area contributed by atoms with Crippen LogP contribution in [0.25, 0.3) is 0 Å². The largest absolute Gasteiger partial charge is 0.216 e. The van der Waals surface area contributed by atoms with Crippen molar-refractivity contribution in [1.29, 1.82) is 0 Å². The van der Waals surface area contributed by atoms with Crippen LogP contribution in [0.1, 0.15) is 13.8 Å². The molecule has 0 aliphatic heterocycles. The van der Waals surface area contributed by atoms with Crippen LogP contribution in [-0.4, -0.2) is 20.9 Å². The van der Waals surface area contributed by atoms with Gasteiger partial charge in [0.05, 0.1) is 0 Å². The summed E-state index contributed by atoms with van der Waals surface area (Å²) in [6.07, 6.45) is 1.61. The molecular formula is C8H14N2S3. The molecule has 0 aromatic carbocycles. The molecule has 1 aromatic heterocycles. The molecule has 2 nitrogen and oxygen atoms in total. The van der Waals surface area contributed by atoms with Crippen molar-refractivity contribution in [2.75, 3.05) is 11.5 Å². The van der Waals surface area contributed by atoms with Gasteiger partial charge in [-0.3, -0.25) is 0 Å². The zero-order chi connectivity index (χ0) is 9.68. The fourth-order valence-corrected chi connectivity index (χ4v) is 3.39. The van der Waals surface area contributed by atoms with E-state index in [0.29, 0.717) is 11.8 Å². The Bertz CT molecular complexity index is 223. The predicted octanol–water partition coefficient (Wildman–Crippen LogP) is 2.83. The highest BCUT2D eigenvalue weighted by molar-refractivity contribution is 8.00. The Labute approximate surface area is 93.1 Å². The summed E-state index contributed by atoms with van der Waals surface area (Å²) in [5, 5.41) is 0. The Morgan fingerprint density at radius 2 is 2.38 bits per heavy atom. The molecule has 1 rings (SSSR count). The maximum Gasteiger partial charge on any atom is 0.169 e. The van der Waals surface area contributed by atoms with Crippen LogP contribution < -0.4 is 0 Å². The number of aromatic nitrogens is 2. The number of thioether (sulfide) groups is 1. The Balaban J connectivity index is 2.32. The van der Waals surface area contributed by atoms with Gasteiger partial charge in [-0.25, -0.2) is 4.98 Å². The van der Waals surface area contributed by atoms with Crippen LogP contribution in [0.15, 0.2) is 10.7 Å². The maximum atomic E-state index is 4.34. The standard InChI is InChI=1S/C8H14N2S3/c1-6(2)7(3-11)4-12-8-9-5-10-13-8/h5-7,11H,3-4H2,1-2H3. The first kappa shape index (κ1) is 11.3. The van der Waals surface area contributed by atoms with Crippen molar-refractivity contribution in [2.24, 2.45) is 11.8 Å². The lowest BCUT2D eigenvalue weighted by atomic mass is 10.0. The van der Waals surface area contributed by atoms with Crippen LogP contribution in [0.3, 0.4) is 0 Å². The van der Waals surface area contributed by atoms with Gasteiger partial charge in [-0.05, 0) is 29.1 Å². The molecule has 1 aromatic rings. The summed E-state index contributed by atoms with van der Waals surface area (Å²) >= 11 is 7.59. The predicted molar refractivity (Wildman–Crippen MR) is 62.8 cm³/mol. The van der Waals surface area contributed by atoms with Crippen LogP contribution in [0, 0.1) is 11.8 Å². The Morgan fingerprint density at radius 3 is 2.85 bits per heavy atom. The smallest absolute Gasteiger partial charge is 0.169 e. The van der Waals surface area contributed by atoms with Crippen molar-refractivity contribution in [2.45, 2.75) is 18.2 Å². The summed E-state index contributed by atoms with van der Waals surface area (Å²) in [7, 11) is 0. The lowest BCUT2D eigenvalue weighted by Gasteiger charge is -2.16. The minimum atomic E-state index is 0.664. The van der Waals surface area contributed by atoms with Gasteiger partial charge in [0.15, 0.2) is 4.34 Å². The zero-order valence-electron chi connectivity index (χ0n) is 7.80. The molecule has 0 saturated carbocycles. The van der Waals surface area contributed by atoms with Crippen LogP contribution in [0.2, 0.25) is 0 Å². The lowest BCUT2D eigenvalue weighted by Crippen LogP contribution is -2.13. The first-order valence-corrected chi connectivity index (χ1v) is 6.63. The molecule has 1 atom stereocenters. The van der Waals surface area contributed by atoms with Gasteiger partial charge in [-0.1, -0.05) is 25.6 Å². The molecule has 0 amide bonds. The molecule has 1 heterocycles. The van der Waals surface area contributed by atoms with Crippen LogP contribution in [-0.2, 0) is 0 Å². The molecule has 0 bridgehead atoms. The first-order valence-electron chi connectivity index (χ1n) is 4.24. The monoisotopic (exact) mass is 234 g/mol. The molecule has 0 fully saturated rings. The van der Waals surface area contributed by atoms with Gasteiger partial charge in [-0.2, -0.15) is 17.0 Å². The summed E-state index contributed by atoms with van der Waals surface area (Å²) in [5.41, 5.74) is 0. The van der Waals surface area contributed by atoms with E-state index in [0.717, 1.165) is 15.8 Å². The van der Waals surface area contributed by atoms with Crippen molar-refractivity contribution in [3.05, 3.63) is 6.33 Å². The second kappa shape index (κ2) is 5.88. The molecule has 1 unspecified atom stereocenters. The van der Waals surface area contributed by atoms with Gasteiger partial charge in [0, 0.05) is 5.75 Å². The van der Waals surface area contributed by atoms with Crippen molar-refractivity contribution in [3.8, 4) is 0 Å². The van der Waals surface area contributed by atoms with E-state index in [2.05, 4.69) is 35.8 Å². The van der Waals surface area contributed by atoms with E-state index in [4.69, 9.17) is 0 Å². The van der Waals surface area contributed by atoms with Crippen LogP contribution in [0.4, 0.5) is 0 Å². The molecular weight excluding hydrogens is 220 g/mol. The molecule has 74 valence electrons. The fraction of sp³-hybridized carbons (Fsp3) is 0.750. The van der Waals surface area contributed by atoms with Crippen molar-refractivity contribution in [3.63, 3.8) is 0 Å². The van der Waals surface area contributed by atoms with Crippen LogP contribution in [0.5, 0.6) is 0 Å². The number of thiol groups is 1. The average Bonchev–Trinajstić information content (AvgIpc) is 2.57. The normalized spacial score (nSPS) is 13.5. The van der Waals surface area contributed by atoms with Crippen molar-refractivity contribution in [1.82, 2.24) is 9.36 Å². The number of hydrogen-bond acceptors (Lipinski definition) is 5. The van der Waals surface area contributed by atoms with Gasteiger partial charge in [0.1, 0.15) is 6.33 Å². The van der Waals surface area contributed by atoms with E-state index >= 15 is 0 Å². The summed E-state index contributed by atoms with van der Waals surface area (Å²) < 4.78 is 5.02. The van der Waals surface area contributed by atoms with E-state index in [9.17, 15) is 0 Å². The first-order chi connectivity index (χ1) is 6.24. The Kier molecular flexibility index (Phi) is 5.13. The zero-order valence-corrected chi connectivity index (χ0v) is 10.3. The molecule has 13 heavy (non-hydrogen) atoms. The third-order valence-electron chi connectivity index (χ3n) is 1.94. The molecule has 0 N–H and O–H groups in total. The molecule has 0 aliphatic carbocycles. The van der Waals surface area contributed by atoms with E-state index in [1.165, 1.54) is 11.5 Å². The van der Waals surface area contributed by atoms with Crippen molar-refractivity contribution < 1.29 is 0 Å². The third-order valence-corrected chi connectivity index (χ3v) is 4.39. The SMILES string of the molecule is CC(C)C(CS)CSc1ncns1. The second-order valence-electron chi connectivity index (χ2n) is 3.20. The number of nitrogens with zero attached hydrogens (tertiary/aromatic N) is 2. The average molecular weight is 234 g/mol. The minimum Gasteiger partial charge on any atom is -0.216 e.